The van der Waals surface area contributed by atoms with E-state index in [2.05, 4.69) is 32.6 Å². The summed E-state index contributed by atoms with van der Waals surface area (Å²) in [6.45, 7) is 4.38. The van der Waals surface area contributed by atoms with E-state index < -0.39 is 0 Å². The van der Waals surface area contributed by atoms with Gasteiger partial charge in [-0.3, -0.25) is 4.99 Å². The van der Waals surface area contributed by atoms with Gasteiger partial charge in [0.1, 0.15) is 18.0 Å². The van der Waals surface area contributed by atoms with Gasteiger partial charge in [0.05, 0.1) is 6.54 Å². The summed E-state index contributed by atoms with van der Waals surface area (Å²) in [6.07, 6.45) is 5.27. The minimum atomic E-state index is -0.180. The largest absolute Gasteiger partial charge is 0.357 e. The number of hydrogen-bond acceptors (Lipinski definition) is 3. The quantitative estimate of drug-likeness (QED) is 0.294. The Bertz CT molecular complexity index is 717. The molecule has 1 aliphatic heterocycles. The highest BCUT2D eigenvalue weighted by molar-refractivity contribution is 14.0. The van der Waals surface area contributed by atoms with Crippen molar-refractivity contribution in [3.8, 4) is 0 Å². The minimum Gasteiger partial charge on any atom is -0.357 e. The van der Waals surface area contributed by atoms with Crippen LogP contribution in [0.3, 0.4) is 0 Å². The van der Waals surface area contributed by atoms with E-state index in [1.54, 1.807) is 18.5 Å². The monoisotopic (exact) mass is 472 g/mol. The van der Waals surface area contributed by atoms with Crippen LogP contribution in [0.15, 0.2) is 35.6 Å². The van der Waals surface area contributed by atoms with Gasteiger partial charge in [0.25, 0.3) is 0 Å². The van der Waals surface area contributed by atoms with E-state index >= 15 is 0 Å². The van der Waals surface area contributed by atoms with Crippen LogP contribution in [-0.4, -0.2) is 39.9 Å². The molecule has 2 heterocycles. The van der Waals surface area contributed by atoms with Crippen LogP contribution < -0.4 is 10.6 Å². The van der Waals surface area contributed by atoms with Crippen LogP contribution in [0.5, 0.6) is 0 Å². The van der Waals surface area contributed by atoms with E-state index in [1.165, 1.54) is 6.07 Å². The highest BCUT2D eigenvalue weighted by Crippen LogP contribution is 2.11. The molecule has 0 saturated carbocycles. The maximum atomic E-state index is 13.2. The molecule has 8 heteroatoms. The normalized spacial score (nSPS) is 16.5. The fourth-order valence-corrected chi connectivity index (χ4v) is 3.04. The van der Waals surface area contributed by atoms with E-state index in [0.717, 1.165) is 56.1 Å². The number of aryl methyl sites for hydroxylation is 2. The lowest BCUT2D eigenvalue weighted by molar-refractivity contribution is 0.392. The molecule has 0 spiro atoms. The number of rotatable bonds is 6. The Balaban J connectivity index is 0.00000243. The molecular formula is C18H26FIN6. The second kappa shape index (κ2) is 10.4. The SMILES string of the molecule is CCNC(=NCCCc1cccc(F)c1)NC1CCc2ncnn2C1.I. The molecule has 1 aromatic carbocycles. The highest BCUT2D eigenvalue weighted by atomic mass is 127. The third-order valence-electron chi connectivity index (χ3n) is 4.27. The number of nitrogens with one attached hydrogen (secondary N) is 2. The Morgan fingerprint density at radius 2 is 2.31 bits per heavy atom. The number of benzene rings is 1. The lowest BCUT2D eigenvalue weighted by atomic mass is 10.1. The van der Waals surface area contributed by atoms with Gasteiger partial charge in [0.2, 0.25) is 0 Å². The fourth-order valence-electron chi connectivity index (χ4n) is 3.04. The molecule has 6 nitrogen and oxygen atoms in total. The molecule has 2 aromatic rings. The number of aromatic nitrogens is 3. The maximum absolute atomic E-state index is 13.2. The van der Waals surface area contributed by atoms with E-state index in [9.17, 15) is 4.39 Å². The van der Waals surface area contributed by atoms with Gasteiger partial charge in [0.15, 0.2) is 5.96 Å². The number of nitrogens with zero attached hydrogens (tertiary/aromatic N) is 4. The van der Waals surface area contributed by atoms with Crippen LogP contribution in [0.2, 0.25) is 0 Å². The number of aliphatic imine (C=N–C) groups is 1. The van der Waals surface area contributed by atoms with Crippen molar-refractivity contribution in [3.05, 3.63) is 47.8 Å². The molecule has 1 unspecified atom stereocenters. The van der Waals surface area contributed by atoms with Crippen molar-refractivity contribution in [3.63, 3.8) is 0 Å². The minimum absolute atomic E-state index is 0. The molecule has 142 valence electrons. The molecular weight excluding hydrogens is 446 g/mol. The molecule has 3 rings (SSSR count). The fraction of sp³-hybridized carbons (Fsp3) is 0.500. The van der Waals surface area contributed by atoms with Crippen molar-refractivity contribution < 1.29 is 4.39 Å². The smallest absolute Gasteiger partial charge is 0.191 e. The number of hydrogen-bond donors (Lipinski definition) is 2. The van der Waals surface area contributed by atoms with Gasteiger partial charge < -0.3 is 10.6 Å². The second-order valence-corrected chi connectivity index (χ2v) is 6.23. The predicted octanol–water partition coefficient (Wildman–Crippen LogP) is 2.54. The Morgan fingerprint density at radius 1 is 1.42 bits per heavy atom. The molecule has 0 amide bonds. The standard InChI is InChI=1S/C18H25FN6.HI/c1-2-20-18(21-10-4-6-14-5-3-7-15(19)11-14)24-16-8-9-17-22-13-23-25(17)12-16;/h3,5,7,11,13,16H,2,4,6,8-10,12H2,1H3,(H2,20,21,24);1H. The summed E-state index contributed by atoms with van der Waals surface area (Å²) in [5.74, 6) is 1.70. The summed E-state index contributed by atoms with van der Waals surface area (Å²) in [5.41, 5.74) is 1.01. The van der Waals surface area contributed by atoms with Crippen molar-refractivity contribution in [2.75, 3.05) is 13.1 Å². The van der Waals surface area contributed by atoms with Crippen LogP contribution in [0.1, 0.15) is 31.2 Å². The molecule has 0 fully saturated rings. The van der Waals surface area contributed by atoms with E-state index in [4.69, 9.17) is 0 Å². The predicted molar refractivity (Wildman–Crippen MR) is 111 cm³/mol. The van der Waals surface area contributed by atoms with Gasteiger partial charge in [-0.25, -0.2) is 14.1 Å². The number of fused-ring (bicyclic) bond motifs is 1. The Morgan fingerprint density at radius 3 is 3.12 bits per heavy atom. The van der Waals surface area contributed by atoms with Gasteiger partial charge in [-0.2, -0.15) is 5.10 Å². The van der Waals surface area contributed by atoms with Gasteiger partial charge in [-0.15, -0.1) is 24.0 Å². The van der Waals surface area contributed by atoms with Gasteiger partial charge in [0, 0.05) is 25.6 Å². The molecule has 0 radical (unpaired) electrons. The van der Waals surface area contributed by atoms with E-state index in [1.807, 2.05) is 10.7 Å². The maximum Gasteiger partial charge on any atom is 0.191 e. The first kappa shape index (κ1) is 20.6. The van der Waals surface area contributed by atoms with Crippen LogP contribution in [-0.2, 0) is 19.4 Å². The highest BCUT2D eigenvalue weighted by Gasteiger charge is 2.20. The van der Waals surface area contributed by atoms with Gasteiger partial charge in [-0.05, 0) is 43.9 Å². The van der Waals surface area contributed by atoms with Crippen LogP contribution in [0, 0.1) is 5.82 Å². The summed E-state index contributed by atoms with van der Waals surface area (Å²) >= 11 is 0. The first-order chi connectivity index (χ1) is 12.2. The van der Waals surface area contributed by atoms with Crippen molar-refractivity contribution in [1.29, 1.82) is 0 Å². The average Bonchev–Trinajstić information content (AvgIpc) is 3.06. The van der Waals surface area contributed by atoms with Crippen LogP contribution in [0.4, 0.5) is 4.39 Å². The molecule has 0 bridgehead atoms. The summed E-state index contributed by atoms with van der Waals surface area (Å²) in [7, 11) is 0. The number of halogens is 2. The molecule has 2 N–H and O–H groups in total. The Hall–Kier alpha value is -1.71. The van der Waals surface area contributed by atoms with E-state index in [0.29, 0.717) is 12.6 Å². The Labute approximate surface area is 170 Å². The zero-order valence-electron chi connectivity index (χ0n) is 15.0. The molecule has 26 heavy (non-hydrogen) atoms. The molecule has 1 aliphatic rings. The molecule has 0 saturated heterocycles. The topological polar surface area (TPSA) is 67.1 Å². The second-order valence-electron chi connectivity index (χ2n) is 6.23. The van der Waals surface area contributed by atoms with Gasteiger partial charge in [-0.1, -0.05) is 12.1 Å². The summed E-state index contributed by atoms with van der Waals surface area (Å²) in [6, 6.07) is 7.06. The zero-order valence-corrected chi connectivity index (χ0v) is 17.3. The summed E-state index contributed by atoms with van der Waals surface area (Å²) in [5, 5.41) is 11.0. The first-order valence-electron chi connectivity index (χ1n) is 8.90. The average molecular weight is 472 g/mol. The number of guanidine groups is 1. The zero-order chi connectivity index (χ0) is 17.5. The molecule has 1 atom stereocenters. The third kappa shape index (κ3) is 5.93. The third-order valence-corrected chi connectivity index (χ3v) is 4.27. The lowest BCUT2D eigenvalue weighted by Gasteiger charge is -2.25. The summed E-state index contributed by atoms with van der Waals surface area (Å²) in [4.78, 5) is 8.90. The van der Waals surface area contributed by atoms with Crippen LogP contribution in [0.25, 0.3) is 0 Å². The first-order valence-corrected chi connectivity index (χ1v) is 8.90. The van der Waals surface area contributed by atoms with Crippen molar-refractivity contribution >= 4 is 29.9 Å². The molecule has 1 aromatic heterocycles. The van der Waals surface area contributed by atoms with Gasteiger partial charge >= 0.3 is 0 Å². The van der Waals surface area contributed by atoms with Crippen molar-refractivity contribution in [2.45, 2.75) is 45.2 Å². The van der Waals surface area contributed by atoms with Crippen LogP contribution >= 0.6 is 24.0 Å². The van der Waals surface area contributed by atoms with Crippen molar-refractivity contribution in [1.82, 2.24) is 25.4 Å². The molecule has 0 aliphatic carbocycles. The Kier molecular flexibility index (Phi) is 8.27. The summed E-state index contributed by atoms with van der Waals surface area (Å²) < 4.78 is 15.1. The lowest BCUT2D eigenvalue weighted by Crippen LogP contribution is -2.47. The van der Waals surface area contributed by atoms with E-state index in [-0.39, 0.29) is 29.8 Å². The van der Waals surface area contributed by atoms with Crippen molar-refractivity contribution in [2.24, 2.45) is 4.99 Å².